The zero-order chi connectivity index (χ0) is 18.6. The molecule has 1 N–H and O–H groups in total. The Morgan fingerprint density at radius 2 is 1.76 bits per heavy atom. The first-order valence-corrected chi connectivity index (χ1v) is 7.78. The van der Waals surface area contributed by atoms with Crippen molar-refractivity contribution in [3.05, 3.63) is 42.5 Å². The minimum atomic E-state index is -0.871. The fourth-order valence-corrected chi connectivity index (χ4v) is 2.82. The lowest BCUT2D eigenvalue weighted by atomic mass is 9.99. The monoisotopic (exact) mass is 347 g/mol. The number of hydrogen-bond acceptors (Lipinski definition) is 6. The molecule has 0 radical (unpaired) electrons. The summed E-state index contributed by atoms with van der Waals surface area (Å²) in [6.07, 6.45) is 4.25. The molecule has 0 aliphatic carbocycles. The van der Waals surface area contributed by atoms with Gasteiger partial charge in [-0.05, 0) is 31.8 Å². The average Bonchev–Trinajstić information content (AvgIpc) is 3.08. The quantitative estimate of drug-likeness (QED) is 0.790. The lowest BCUT2D eigenvalue weighted by Gasteiger charge is -2.29. The third kappa shape index (κ3) is 3.62. The van der Waals surface area contributed by atoms with Crippen molar-refractivity contribution >= 4 is 6.20 Å². The molecule has 0 aliphatic heterocycles. The predicted octanol–water partition coefficient (Wildman–Crippen LogP) is 2.35. The summed E-state index contributed by atoms with van der Waals surface area (Å²) in [5.74, 6) is 2.14. The second-order valence-corrected chi connectivity index (χ2v) is 5.69. The molecule has 7 heteroatoms. The van der Waals surface area contributed by atoms with Crippen molar-refractivity contribution in [1.29, 1.82) is 0 Å². The molecule has 1 heterocycles. The molecule has 0 spiro atoms. The summed E-state index contributed by atoms with van der Waals surface area (Å²) < 4.78 is 17.9. The van der Waals surface area contributed by atoms with Crippen LogP contribution in [0.5, 0.6) is 17.2 Å². The minimum absolute atomic E-state index is 0.393. The Kier molecular flexibility index (Phi) is 6.06. The van der Waals surface area contributed by atoms with Crippen LogP contribution in [0.2, 0.25) is 0 Å². The number of methoxy groups -OCH3 is 3. The molecule has 0 saturated carbocycles. The highest BCUT2D eigenvalue weighted by molar-refractivity contribution is 5.54. The Bertz CT molecular complexity index is 702. The van der Waals surface area contributed by atoms with E-state index in [0.29, 0.717) is 28.6 Å². The van der Waals surface area contributed by atoms with Gasteiger partial charge in [-0.3, -0.25) is 4.90 Å². The van der Waals surface area contributed by atoms with E-state index in [1.807, 2.05) is 19.0 Å². The molecule has 0 fully saturated rings. The molecule has 0 amide bonds. The number of hydrogen-bond donors (Lipinski definition) is 1. The summed E-state index contributed by atoms with van der Waals surface area (Å²) in [7, 11) is 8.39. The zero-order valence-corrected chi connectivity index (χ0v) is 15.3. The van der Waals surface area contributed by atoms with Crippen molar-refractivity contribution in [3.8, 4) is 17.2 Å². The molecule has 2 rings (SSSR count). The van der Waals surface area contributed by atoms with Gasteiger partial charge in [0.25, 0.3) is 0 Å². The number of aliphatic hydroxyl groups is 1. The highest BCUT2D eigenvalue weighted by atomic mass is 16.5. The van der Waals surface area contributed by atoms with Crippen LogP contribution >= 0.6 is 0 Å². The topological polar surface area (TPSA) is 69.0 Å². The molecule has 0 unspecified atom stereocenters. The Balaban J connectivity index is 2.53. The van der Waals surface area contributed by atoms with E-state index >= 15 is 0 Å². The molecule has 2 atom stereocenters. The molecule has 136 valence electrons. The lowest BCUT2D eigenvalue weighted by Crippen LogP contribution is -2.28. The molecule has 1 aromatic heterocycles. The summed E-state index contributed by atoms with van der Waals surface area (Å²) in [6.45, 7) is 3.78. The van der Waals surface area contributed by atoms with Gasteiger partial charge in [-0.25, -0.2) is 4.98 Å². The van der Waals surface area contributed by atoms with Crippen LogP contribution in [-0.2, 0) is 0 Å². The predicted molar refractivity (Wildman–Crippen MR) is 96.1 cm³/mol. The van der Waals surface area contributed by atoms with Crippen LogP contribution in [0.3, 0.4) is 0 Å². The van der Waals surface area contributed by atoms with Gasteiger partial charge >= 0.3 is 0 Å². The van der Waals surface area contributed by atoms with Crippen LogP contribution in [0, 0.1) is 0 Å². The van der Waals surface area contributed by atoms with Gasteiger partial charge in [-0.1, -0.05) is 6.58 Å². The summed E-state index contributed by atoms with van der Waals surface area (Å²) in [5.41, 5.74) is 0.631. The summed E-state index contributed by atoms with van der Waals surface area (Å²) >= 11 is 0. The maximum absolute atomic E-state index is 11.1. The minimum Gasteiger partial charge on any atom is -0.493 e. The Morgan fingerprint density at radius 1 is 1.16 bits per heavy atom. The van der Waals surface area contributed by atoms with E-state index in [4.69, 9.17) is 14.2 Å². The first-order valence-electron chi connectivity index (χ1n) is 7.78. The van der Waals surface area contributed by atoms with E-state index < -0.39 is 12.1 Å². The maximum atomic E-state index is 11.1. The van der Waals surface area contributed by atoms with E-state index in [1.54, 1.807) is 56.6 Å². The van der Waals surface area contributed by atoms with Gasteiger partial charge in [0.15, 0.2) is 11.5 Å². The molecule has 0 bridgehead atoms. The van der Waals surface area contributed by atoms with Gasteiger partial charge in [-0.2, -0.15) is 0 Å². The van der Waals surface area contributed by atoms with Crippen LogP contribution < -0.4 is 14.2 Å². The van der Waals surface area contributed by atoms with Crippen LogP contribution in [0.4, 0.5) is 0 Å². The van der Waals surface area contributed by atoms with Gasteiger partial charge in [-0.15, -0.1) is 0 Å². The van der Waals surface area contributed by atoms with Crippen molar-refractivity contribution in [2.45, 2.75) is 12.1 Å². The van der Waals surface area contributed by atoms with Gasteiger partial charge in [0.2, 0.25) is 5.75 Å². The number of aromatic nitrogens is 2. The van der Waals surface area contributed by atoms with Crippen LogP contribution in [0.1, 0.15) is 23.5 Å². The van der Waals surface area contributed by atoms with E-state index in [0.717, 1.165) is 0 Å². The summed E-state index contributed by atoms with van der Waals surface area (Å²) in [5, 5.41) is 11.1. The number of nitrogens with zero attached hydrogens (tertiary/aromatic N) is 3. The van der Waals surface area contributed by atoms with Crippen molar-refractivity contribution in [2.24, 2.45) is 0 Å². The average molecular weight is 347 g/mol. The van der Waals surface area contributed by atoms with E-state index in [1.165, 1.54) is 0 Å². The fourth-order valence-electron chi connectivity index (χ4n) is 2.82. The highest BCUT2D eigenvalue weighted by Crippen LogP contribution is 2.42. The molecule has 1 aromatic carbocycles. The number of rotatable bonds is 8. The number of imidazole rings is 1. The standard InChI is InChI=1S/C18H25N3O4/c1-7-21-9-8-19-18(21)15(20(2)3)16(22)12-10-13(23-4)17(25-6)14(11-12)24-5/h7-11,15-16,22H,1H2,2-6H3/t15-,16-/m0/s1. The second-order valence-electron chi connectivity index (χ2n) is 5.69. The Hall–Kier alpha value is -2.51. The van der Waals surface area contributed by atoms with Crippen molar-refractivity contribution < 1.29 is 19.3 Å². The number of benzene rings is 1. The van der Waals surface area contributed by atoms with E-state index in [9.17, 15) is 5.11 Å². The van der Waals surface area contributed by atoms with E-state index in [2.05, 4.69) is 11.6 Å². The third-order valence-electron chi connectivity index (χ3n) is 4.04. The van der Waals surface area contributed by atoms with Gasteiger partial charge in [0, 0.05) is 18.6 Å². The summed E-state index contributed by atoms with van der Waals surface area (Å²) in [4.78, 5) is 6.28. The van der Waals surface area contributed by atoms with Gasteiger partial charge in [0.1, 0.15) is 11.9 Å². The molecule has 25 heavy (non-hydrogen) atoms. The zero-order valence-electron chi connectivity index (χ0n) is 15.3. The molecule has 0 aliphatic rings. The lowest BCUT2D eigenvalue weighted by molar-refractivity contribution is 0.0695. The molecular formula is C18H25N3O4. The Labute approximate surface area is 148 Å². The third-order valence-corrected chi connectivity index (χ3v) is 4.04. The first kappa shape index (κ1) is 18.8. The molecule has 7 nitrogen and oxygen atoms in total. The van der Waals surface area contributed by atoms with Crippen molar-refractivity contribution in [2.75, 3.05) is 35.4 Å². The van der Waals surface area contributed by atoms with Crippen molar-refractivity contribution in [1.82, 2.24) is 14.5 Å². The van der Waals surface area contributed by atoms with Crippen LogP contribution in [0.25, 0.3) is 6.20 Å². The maximum Gasteiger partial charge on any atom is 0.203 e. The molecular weight excluding hydrogens is 322 g/mol. The van der Waals surface area contributed by atoms with Crippen molar-refractivity contribution in [3.63, 3.8) is 0 Å². The van der Waals surface area contributed by atoms with Crippen LogP contribution in [-0.4, -0.2) is 55.0 Å². The molecule has 2 aromatic rings. The number of likely N-dealkylation sites (N-methyl/N-ethyl adjacent to an activating group) is 1. The Morgan fingerprint density at radius 3 is 2.20 bits per heavy atom. The molecule has 0 saturated heterocycles. The largest absolute Gasteiger partial charge is 0.493 e. The normalized spacial score (nSPS) is 13.4. The second kappa shape index (κ2) is 8.04. The first-order chi connectivity index (χ1) is 12.0. The smallest absolute Gasteiger partial charge is 0.203 e. The van der Waals surface area contributed by atoms with Gasteiger partial charge in [0.05, 0.1) is 27.4 Å². The summed E-state index contributed by atoms with van der Waals surface area (Å²) in [6, 6.07) is 3.09. The SMILES string of the molecule is C=Cn1ccnc1[C@H]([C@@H](O)c1cc(OC)c(OC)c(OC)c1)N(C)C. The number of aliphatic hydroxyl groups excluding tert-OH is 1. The van der Waals surface area contributed by atoms with Crippen LogP contribution in [0.15, 0.2) is 31.1 Å². The fraction of sp³-hybridized carbons (Fsp3) is 0.389. The number of ether oxygens (including phenoxy) is 3. The highest BCUT2D eigenvalue weighted by Gasteiger charge is 2.30. The van der Waals surface area contributed by atoms with Gasteiger partial charge < -0.3 is 23.9 Å². The van der Waals surface area contributed by atoms with E-state index in [-0.39, 0.29) is 0 Å².